The highest BCUT2D eigenvalue weighted by Crippen LogP contribution is 2.16. The van der Waals surface area contributed by atoms with Gasteiger partial charge in [-0.3, -0.25) is 14.3 Å². The van der Waals surface area contributed by atoms with Crippen molar-refractivity contribution in [3.63, 3.8) is 0 Å². The zero-order valence-electron chi connectivity index (χ0n) is 17.2. The third-order valence-electron chi connectivity index (χ3n) is 5.34. The minimum Gasteiger partial charge on any atom is -0.291 e. The topological polar surface area (TPSA) is 47.8 Å². The Morgan fingerprint density at radius 3 is 2.03 bits per heavy atom. The molecule has 4 heteroatoms. The number of aryl methyl sites for hydroxylation is 3. The zero-order valence-corrected chi connectivity index (χ0v) is 17.2. The van der Waals surface area contributed by atoms with E-state index in [0.29, 0.717) is 18.8 Å². The van der Waals surface area contributed by atoms with E-state index in [9.17, 15) is 4.79 Å². The van der Waals surface area contributed by atoms with Gasteiger partial charge >= 0.3 is 0 Å². The van der Waals surface area contributed by atoms with E-state index >= 15 is 0 Å². The Hall–Kier alpha value is -3.53. The van der Waals surface area contributed by atoms with Crippen molar-refractivity contribution in [3.8, 4) is 11.5 Å². The maximum atomic E-state index is 13.5. The van der Waals surface area contributed by atoms with Gasteiger partial charge in [0.05, 0.1) is 0 Å². The van der Waals surface area contributed by atoms with Crippen LogP contribution in [0.2, 0.25) is 0 Å². The number of benzene rings is 2. The van der Waals surface area contributed by atoms with Gasteiger partial charge in [-0.1, -0.05) is 66.7 Å². The van der Waals surface area contributed by atoms with Crippen LogP contribution in [-0.4, -0.2) is 14.5 Å². The normalized spacial score (nSPS) is 10.8. The molecule has 4 rings (SSSR count). The molecule has 0 amide bonds. The lowest BCUT2D eigenvalue weighted by Crippen LogP contribution is -2.29. The van der Waals surface area contributed by atoms with E-state index in [0.717, 1.165) is 29.8 Å². The average molecular weight is 396 g/mol. The van der Waals surface area contributed by atoms with Crippen LogP contribution in [0.25, 0.3) is 11.5 Å². The molecule has 4 aromatic rings. The molecule has 0 unspecified atom stereocenters. The first-order valence-corrected chi connectivity index (χ1v) is 10.3. The van der Waals surface area contributed by atoms with Crippen LogP contribution in [0.1, 0.15) is 22.4 Å². The Bertz CT molecular complexity index is 1150. The van der Waals surface area contributed by atoms with Gasteiger partial charge in [0.25, 0.3) is 5.56 Å². The van der Waals surface area contributed by atoms with Crippen molar-refractivity contribution in [1.29, 1.82) is 0 Å². The van der Waals surface area contributed by atoms with Crippen LogP contribution in [0.15, 0.2) is 89.9 Å². The van der Waals surface area contributed by atoms with Crippen molar-refractivity contribution < 1.29 is 0 Å². The molecule has 0 saturated heterocycles. The molecular weight excluding hydrogens is 370 g/mol. The van der Waals surface area contributed by atoms with Crippen LogP contribution in [-0.2, 0) is 25.8 Å². The fourth-order valence-electron chi connectivity index (χ4n) is 3.69. The summed E-state index contributed by atoms with van der Waals surface area (Å²) in [4.78, 5) is 22.8. The highest BCUT2D eigenvalue weighted by Gasteiger charge is 2.16. The quantitative estimate of drug-likeness (QED) is 0.458. The van der Waals surface area contributed by atoms with Gasteiger partial charge in [-0.25, -0.2) is 4.98 Å². The fraction of sp³-hybridized carbons (Fsp3) is 0.192. The minimum atomic E-state index is 0.0371. The lowest BCUT2D eigenvalue weighted by Gasteiger charge is -2.16. The molecule has 2 aromatic carbocycles. The fourth-order valence-corrected chi connectivity index (χ4v) is 3.69. The van der Waals surface area contributed by atoms with Gasteiger partial charge in [0.1, 0.15) is 5.69 Å². The summed E-state index contributed by atoms with van der Waals surface area (Å²) in [6, 6.07) is 26.2. The summed E-state index contributed by atoms with van der Waals surface area (Å²) in [6.45, 7) is 2.50. The van der Waals surface area contributed by atoms with E-state index in [1.165, 1.54) is 11.1 Å². The number of pyridine rings is 1. The summed E-state index contributed by atoms with van der Waals surface area (Å²) >= 11 is 0. The standard InChI is InChI=1S/C26H25N3O/c1-20-23(16-15-21-10-4-2-5-11-21)26(30)29(19-17-22-12-6-3-7-13-22)25(28-20)24-14-8-9-18-27-24/h2-14,18H,15-17,19H2,1H3. The Morgan fingerprint density at radius 2 is 1.40 bits per heavy atom. The number of aromatic nitrogens is 3. The molecule has 0 N–H and O–H groups in total. The van der Waals surface area contributed by atoms with Gasteiger partial charge in [-0.2, -0.15) is 0 Å². The van der Waals surface area contributed by atoms with Crippen LogP contribution in [0.3, 0.4) is 0 Å². The first-order chi connectivity index (χ1) is 14.7. The molecule has 0 bridgehead atoms. The van der Waals surface area contributed by atoms with Crippen molar-refractivity contribution >= 4 is 0 Å². The number of hydrogen-bond donors (Lipinski definition) is 0. The van der Waals surface area contributed by atoms with Crippen molar-refractivity contribution in [1.82, 2.24) is 14.5 Å². The molecule has 2 heterocycles. The maximum Gasteiger partial charge on any atom is 0.257 e. The molecule has 0 aliphatic heterocycles. The molecule has 150 valence electrons. The molecule has 0 aliphatic carbocycles. The maximum absolute atomic E-state index is 13.5. The first kappa shape index (κ1) is 19.8. The molecule has 2 aromatic heterocycles. The van der Waals surface area contributed by atoms with Gasteiger partial charge in [-0.15, -0.1) is 0 Å². The second kappa shape index (κ2) is 9.31. The smallest absolute Gasteiger partial charge is 0.257 e. The summed E-state index contributed by atoms with van der Waals surface area (Å²) < 4.78 is 1.79. The summed E-state index contributed by atoms with van der Waals surface area (Å²) in [5.74, 6) is 0.637. The summed E-state index contributed by atoms with van der Waals surface area (Å²) in [5.41, 5.74) is 4.75. The SMILES string of the molecule is Cc1nc(-c2ccccn2)n(CCc2ccccc2)c(=O)c1CCc1ccccc1. The third kappa shape index (κ3) is 4.54. The van der Waals surface area contributed by atoms with Gasteiger partial charge in [0.2, 0.25) is 0 Å². The summed E-state index contributed by atoms with van der Waals surface area (Å²) in [5, 5.41) is 0. The first-order valence-electron chi connectivity index (χ1n) is 10.3. The molecule has 0 spiro atoms. The van der Waals surface area contributed by atoms with E-state index in [1.807, 2.05) is 61.5 Å². The van der Waals surface area contributed by atoms with Gasteiger partial charge in [-0.05, 0) is 49.4 Å². The third-order valence-corrected chi connectivity index (χ3v) is 5.34. The number of rotatable bonds is 7. The van der Waals surface area contributed by atoms with E-state index in [-0.39, 0.29) is 5.56 Å². The van der Waals surface area contributed by atoms with Crippen LogP contribution in [0, 0.1) is 6.92 Å². The van der Waals surface area contributed by atoms with Crippen molar-refractivity contribution in [2.24, 2.45) is 0 Å². The molecule has 0 atom stereocenters. The zero-order chi connectivity index (χ0) is 20.8. The van der Waals surface area contributed by atoms with Crippen molar-refractivity contribution in [2.45, 2.75) is 32.7 Å². The lowest BCUT2D eigenvalue weighted by atomic mass is 10.0. The number of nitrogens with zero attached hydrogens (tertiary/aromatic N) is 3. The second-order valence-corrected chi connectivity index (χ2v) is 7.39. The molecular formula is C26H25N3O. The van der Waals surface area contributed by atoms with Crippen LogP contribution < -0.4 is 5.56 Å². The van der Waals surface area contributed by atoms with Gasteiger partial charge < -0.3 is 0 Å². The average Bonchev–Trinajstić information content (AvgIpc) is 2.80. The molecule has 30 heavy (non-hydrogen) atoms. The molecule has 4 nitrogen and oxygen atoms in total. The lowest BCUT2D eigenvalue weighted by molar-refractivity contribution is 0.647. The van der Waals surface area contributed by atoms with Crippen LogP contribution in [0.5, 0.6) is 0 Å². The minimum absolute atomic E-state index is 0.0371. The molecule has 0 aliphatic rings. The Labute approximate surface area is 176 Å². The van der Waals surface area contributed by atoms with Gasteiger partial charge in [0.15, 0.2) is 5.82 Å². The van der Waals surface area contributed by atoms with E-state index < -0.39 is 0 Å². The highest BCUT2D eigenvalue weighted by molar-refractivity contribution is 5.50. The summed E-state index contributed by atoms with van der Waals surface area (Å²) in [6.07, 6.45) is 4.00. The van der Waals surface area contributed by atoms with Gasteiger partial charge in [0, 0.05) is 24.0 Å². The van der Waals surface area contributed by atoms with Crippen molar-refractivity contribution in [3.05, 3.63) is 118 Å². The predicted molar refractivity (Wildman–Crippen MR) is 120 cm³/mol. The van der Waals surface area contributed by atoms with Crippen LogP contribution >= 0.6 is 0 Å². The van der Waals surface area contributed by atoms with Crippen molar-refractivity contribution in [2.75, 3.05) is 0 Å². The Morgan fingerprint density at radius 1 is 0.767 bits per heavy atom. The van der Waals surface area contributed by atoms with E-state index in [1.54, 1.807) is 10.8 Å². The molecule has 0 saturated carbocycles. The largest absolute Gasteiger partial charge is 0.291 e. The Balaban J connectivity index is 1.70. The highest BCUT2D eigenvalue weighted by atomic mass is 16.1. The molecule has 0 fully saturated rings. The van der Waals surface area contributed by atoms with Crippen LogP contribution in [0.4, 0.5) is 0 Å². The Kier molecular flexibility index (Phi) is 6.14. The monoisotopic (exact) mass is 395 g/mol. The number of hydrogen-bond acceptors (Lipinski definition) is 3. The molecule has 0 radical (unpaired) electrons. The van der Waals surface area contributed by atoms with E-state index in [4.69, 9.17) is 4.98 Å². The predicted octanol–water partition coefficient (Wildman–Crippen LogP) is 4.64. The second-order valence-electron chi connectivity index (χ2n) is 7.39. The summed E-state index contributed by atoms with van der Waals surface area (Å²) in [7, 11) is 0. The van der Waals surface area contributed by atoms with E-state index in [2.05, 4.69) is 29.2 Å².